The zero-order valence-electron chi connectivity index (χ0n) is 10.1. The van der Waals surface area contributed by atoms with Crippen molar-refractivity contribution in [2.75, 3.05) is 6.54 Å². The standard InChI is InChI=1S/C13H14ClN3O/c1-17-12(7-9-16-17)13(18)15-8-6-10-4-2-3-5-11(10)14/h2-5,7,9H,6,8H2,1H3,(H,15,18). The second kappa shape index (κ2) is 5.69. The van der Waals surface area contributed by atoms with Gasteiger partial charge in [-0.15, -0.1) is 0 Å². The molecule has 0 fully saturated rings. The highest BCUT2D eigenvalue weighted by Gasteiger charge is 2.08. The first-order chi connectivity index (χ1) is 8.68. The lowest BCUT2D eigenvalue weighted by molar-refractivity contribution is 0.0945. The van der Waals surface area contributed by atoms with Crippen LogP contribution in [0.2, 0.25) is 5.02 Å². The lowest BCUT2D eigenvalue weighted by Crippen LogP contribution is -2.27. The molecule has 1 N–H and O–H groups in total. The molecule has 0 bridgehead atoms. The van der Waals surface area contributed by atoms with Crippen molar-refractivity contribution in [2.24, 2.45) is 7.05 Å². The molecule has 0 saturated heterocycles. The first-order valence-electron chi connectivity index (χ1n) is 5.68. The van der Waals surface area contributed by atoms with Gasteiger partial charge in [-0.25, -0.2) is 0 Å². The third kappa shape index (κ3) is 2.90. The summed E-state index contributed by atoms with van der Waals surface area (Å²) in [6.07, 6.45) is 2.31. The predicted octanol–water partition coefficient (Wildman–Crippen LogP) is 2.05. The fourth-order valence-electron chi connectivity index (χ4n) is 1.70. The number of nitrogens with zero attached hydrogens (tertiary/aromatic N) is 2. The molecule has 0 spiro atoms. The maximum absolute atomic E-state index is 11.8. The van der Waals surface area contributed by atoms with Crippen molar-refractivity contribution in [3.05, 3.63) is 52.8 Å². The molecule has 94 valence electrons. The Hall–Kier alpha value is -1.81. The third-order valence-electron chi connectivity index (χ3n) is 2.69. The van der Waals surface area contributed by atoms with Gasteiger partial charge in [0.25, 0.3) is 5.91 Å². The van der Waals surface area contributed by atoms with Crippen LogP contribution >= 0.6 is 11.6 Å². The molecule has 1 aromatic heterocycles. The van der Waals surface area contributed by atoms with Crippen molar-refractivity contribution in [1.82, 2.24) is 15.1 Å². The van der Waals surface area contributed by atoms with Crippen molar-refractivity contribution in [2.45, 2.75) is 6.42 Å². The van der Waals surface area contributed by atoms with Crippen LogP contribution in [0.25, 0.3) is 0 Å². The average Bonchev–Trinajstić information content (AvgIpc) is 2.78. The fourth-order valence-corrected chi connectivity index (χ4v) is 1.93. The topological polar surface area (TPSA) is 46.9 Å². The molecule has 5 heteroatoms. The SMILES string of the molecule is Cn1nccc1C(=O)NCCc1ccccc1Cl. The molecule has 1 aromatic carbocycles. The van der Waals surface area contributed by atoms with E-state index >= 15 is 0 Å². The Balaban J connectivity index is 1.88. The third-order valence-corrected chi connectivity index (χ3v) is 3.06. The van der Waals surface area contributed by atoms with Gasteiger partial charge < -0.3 is 5.32 Å². The number of carbonyl (C=O) groups excluding carboxylic acids is 1. The Labute approximate surface area is 111 Å². The molecule has 0 radical (unpaired) electrons. The summed E-state index contributed by atoms with van der Waals surface area (Å²) in [5.74, 6) is -0.123. The van der Waals surface area contributed by atoms with Gasteiger partial charge in [0.05, 0.1) is 0 Å². The summed E-state index contributed by atoms with van der Waals surface area (Å²) in [5.41, 5.74) is 1.58. The van der Waals surface area contributed by atoms with E-state index in [1.165, 1.54) is 0 Å². The molecule has 0 atom stereocenters. The Bertz CT molecular complexity index is 551. The highest BCUT2D eigenvalue weighted by Crippen LogP contribution is 2.14. The summed E-state index contributed by atoms with van der Waals surface area (Å²) < 4.78 is 1.55. The van der Waals surface area contributed by atoms with E-state index in [0.29, 0.717) is 18.7 Å². The normalized spacial score (nSPS) is 10.3. The molecule has 0 saturated carbocycles. The molecular weight excluding hydrogens is 250 g/mol. The molecule has 1 heterocycles. The summed E-state index contributed by atoms with van der Waals surface area (Å²) in [6, 6.07) is 9.31. The number of hydrogen-bond donors (Lipinski definition) is 1. The van der Waals surface area contributed by atoms with Gasteiger partial charge in [-0.2, -0.15) is 5.10 Å². The van der Waals surface area contributed by atoms with Gasteiger partial charge in [0.1, 0.15) is 5.69 Å². The van der Waals surface area contributed by atoms with E-state index in [2.05, 4.69) is 10.4 Å². The van der Waals surface area contributed by atoms with Crippen molar-refractivity contribution < 1.29 is 4.79 Å². The number of nitrogens with one attached hydrogen (secondary N) is 1. The quantitative estimate of drug-likeness (QED) is 0.918. The lowest BCUT2D eigenvalue weighted by atomic mass is 10.1. The van der Waals surface area contributed by atoms with Crippen LogP contribution < -0.4 is 5.32 Å². The van der Waals surface area contributed by atoms with Crippen molar-refractivity contribution in [3.63, 3.8) is 0 Å². The summed E-state index contributed by atoms with van der Waals surface area (Å²) in [4.78, 5) is 11.8. The van der Waals surface area contributed by atoms with Crippen molar-refractivity contribution in [3.8, 4) is 0 Å². The molecule has 1 amide bonds. The van der Waals surface area contributed by atoms with Crippen LogP contribution in [0.4, 0.5) is 0 Å². The first kappa shape index (κ1) is 12.6. The molecule has 2 aromatic rings. The summed E-state index contributed by atoms with van der Waals surface area (Å²) in [7, 11) is 1.74. The molecule has 0 aliphatic carbocycles. The van der Waals surface area contributed by atoms with Crippen LogP contribution in [0.15, 0.2) is 36.5 Å². The van der Waals surface area contributed by atoms with Crippen LogP contribution in [0.3, 0.4) is 0 Å². The Morgan fingerprint density at radius 2 is 2.17 bits per heavy atom. The summed E-state index contributed by atoms with van der Waals surface area (Å²) >= 11 is 6.04. The molecular formula is C13H14ClN3O. The van der Waals surface area contributed by atoms with E-state index in [-0.39, 0.29) is 5.91 Å². The summed E-state index contributed by atoms with van der Waals surface area (Å²) in [5, 5.41) is 7.52. The molecule has 0 aliphatic heterocycles. The fraction of sp³-hybridized carbons (Fsp3) is 0.231. The Kier molecular flexibility index (Phi) is 3.99. The zero-order valence-corrected chi connectivity index (χ0v) is 10.8. The minimum absolute atomic E-state index is 0.123. The van der Waals surface area contributed by atoms with E-state index < -0.39 is 0 Å². The lowest BCUT2D eigenvalue weighted by Gasteiger charge is -2.06. The van der Waals surface area contributed by atoms with E-state index in [9.17, 15) is 4.79 Å². The minimum Gasteiger partial charge on any atom is -0.350 e. The number of halogens is 1. The molecule has 0 unspecified atom stereocenters. The molecule has 18 heavy (non-hydrogen) atoms. The number of amides is 1. The first-order valence-corrected chi connectivity index (χ1v) is 6.06. The van der Waals surface area contributed by atoms with Gasteiger partial charge >= 0.3 is 0 Å². The van der Waals surface area contributed by atoms with Crippen LogP contribution in [0.5, 0.6) is 0 Å². The van der Waals surface area contributed by atoms with Crippen molar-refractivity contribution in [1.29, 1.82) is 0 Å². The van der Waals surface area contributed by atoms with Gasteiger partial charge in [0, 0.05) is 24.8 Å². The van der Waals surface area contributed by atoms with Crippen LogP contribution in [-0.2, 0) is 13.5 Å². The smallest absolute Gasteiger partial charge is 0.269 e. The van der Waals surface area contributed by atoms with E-state index in [1.54, 1.807) is 24.0 Å². The van der Waals surface area contributed by atoms with Crippen LogP contribution in [0.1, 0.15) is 16.1 Å². The van der Waals surface area contributed by atoms with Crippen LogP contribution in [0, 0.1) is 0 Å². The number of carbonyl (C=O) groups is 1. The second-order valence-electron chi connectivity index (χ2n) is 3.94. The van der Waals surface area contributed by atoms with Gasteiger partial charge in [-0.1, -0.05) is 29.8 Å². The molecule has 0 aliphatic rings. The van der Waals surface area contributed by atoms with E-state index in [1.807, 2.05) is 24.3 Å². The highest BCUT2D eigenvalue weighted by atomic mass is 35.5. The second-order valence-corrected chi connectivity index (χ2v) is 4.34. The van der Waals surface area contributed by atoms with Crippen molar-refractivity contribution >= 4 is 17.5 Å². The molecule has 4 nitrogen and oxygen atoms in total. The van der Waals surface area contributed by atoms with Gasteiger partial charge in [0.2, 0.25) is 0 Å². The number of aryl methyl sites for hydroxylation is 1. The predicted molar refractivity (Wildman–Crippen MR) is 70.7 cm³/mol. The molecule has 2 rings (SSSR count). The van der Waals surface area contributed by atoms with E-state index in [0.717, 1.165) is 10.6 Å². The Morgan fingerprint density at radius 1 is 1.39 bits per heavy atom. The maximum Gasteiger partial charge on any atom is 0.269 e. The van der Waals surface area contributed by atoms with Gasteiger partial charge in [-0.05, 0) is 24.1 Å². The highest BCUT2D eigenvalue weighted by molar-refractivity contribution is 6.31. The Morgan fingerprint density at radius 3 is 2.83 bits per heavy atom. The van der Waals surface area contributed by atoms with Gasteiger partial charge in [-0.3, -0.25) is 9.48 Å². The number of rotatable bonds is 4. The van der Waals surface area contributed by atoms with Crippen LogP contribution in [-0.4, -0.2) is 22.2 Å². The zero-order chi connectivity index (χ0) is 13.0. The van der Waals surface area contributed by atoms with E-state index in [4.69, 9.17) is 11.6 Å². The monoisotopic (exact) mass is 263 g/mol. The number of hydrogen-bond acceptors (Lipinski definition) is 2. The summed E-state index contributed by atoms with van der Waals surface area (Å²) in [6.45, 7) is 0.549. The maximum atomic E-state index is 11.8. The largest absolute Gasteiger partial charge is 0.350 e. The minimum atomic E-state index is -0.123. The number of benzene rings is 1. The van der Waals surface area contributed by atoms with Gasteiger partial charge in [0.15, 0.2) is 0 Å². The average molecular weight is 264 g/mol. The number of aromatic nitrogens is 2.